The second kappa shape index (κ2) is 8.60. The molecular formula is C17H10Cl2N6OS. The fourth-order valence-electron chi connectivity index (χ4n) is 1.89. The summed E-state index contributed by atoms with van der Waals surface area (Å²) in [5, 5.41) is 32.4. The van der Waals surface area contributed by atoms with E-state index in [1.54, 1.807) is 48.5 Å². The number of para-hydroxylation sites is 1. The van der Waals surface area contributed by atoms with E-state index in [1.807, 2.05) is 6.07 Å². The Labute approximate surface area is 168 Å². The normalized spacial score (nSPS) is 11.5. The van der Waals surface area contributed by atoms with Crippen molar-refractivity contribution in [1.82, 2.24) is 4.98 Å². The van der Waals surface area contributed by atoms with Crippen LogP contribution in [0.1, 0.15) is 5.01 Å². The van der Waals surface area contributed by atoms with E-state index >= 15 is 0 Å². The third kappa shape index (κ3) is 4.60. The molecule has 0 aliphatic heterocycles. The molecule has 1 aromatic heterocycles. The predicted molar refractivity (Wildman–Crippen MR) is 107 cm³/mol. The maximum atomic E-state index is 9.96. The van der Waals surface area contributed by atoms with Crippen molar-refractivity contribution in [3.63, 3.8) is 0 Å². The first-order chi connectivity index (χ1) is 13.1. The van der Waals surface area contributed by atoms with Crippen LogP contribution in [-0.2, 0) is 0 Å². The molecule has 0 aliphatic rings. The van der Waals surface area contributed by atoms with Gasteiger partial charge in [0.15, 0.2) is 10.7 Å². The zero-order valence-corrected chi connectivity index (χ0v) is 15.8. The van der Waals surface area contributed by atoms with Gasteiger partial charge in [-0.1, -0.05) is 58.8 Å². The fraction of sp³-hybridized carbons (Fsp3) is 0. The summed E-state index contributed by atoms with van der Waals surface area (Å²) in [6, 6.07) is 15.8. The first kappa shape index (κ1) is 18.8. The molecule has 0 atom stereocenters. The van der Waals surface area contributed by atoms with Crippen molar-refractivity contribution in [2.75, 3.05) is 5.43 Å². The van der Waals surface area contributed by atoms with Crippen LogP contribution in [-0.4, -0.2) is 15.8 Å². The third-order valence-electron chi connectivity index (χ3n) is 3.16. The molecule has 0 amide bonds. The maximum Gasteiger partial charge on any atom is 0.251 e. The molecule has 1 heterocycles. The van der Waals surface area contributed by atoms with Crippen molar-refractivity contribution in [1.29, 1.82) is 5.26 Å². The molecular weight excluding hydrogens is 407 g/mol. The molecule has 0 spiro atoms. The molecule has 7 nitrogen and oxygen atoms in total. The highest BCUT2D eigenvalue weighted by atomic mass is 35.5. The van der Waals surface area contributed by atoms with Crippen LogP contribution in [0.4, 0.5) is 16.4 Å². The molecule has 27 heavy (non-hydrogen) atoms. The van der Waals surface area contributed by atoms with Gasteiger partial charge in [-0.2, -0.15) is 15.3 Å². The van der Waals surface area contributed by atoms with E-state index in [2.05, 4.69) is 25.7 Å². The number of nitriles is 1. The zero-order valence-electron chi connectivity index (χ0n) is 13.5. The molecule has 10 heteroatoms. The molecule has 134 valence electrons. The molecule has 2 N–H and O–H groups in total. The standard InChI is InChI=1S/C17H10Cl2N6OS/c18-10-5-1-3-7-12(10)22-24-14(9-20)16-21-15(26)17(27-16)25-23-13-8-4-2-6-11(13)19/h1-8,22,26H/b24-14+,25-23?. The third-order valence-corrected chi connectivity index (χ3v) is 4.75. The monoisotopic (exact) mass is 416 g/mol. The van der Waals surface area contributed by atoms with Gasteiger partial charge in [0.2, 0.25) is 5.00 Å². The van der Waals surface area contributed by atoms with E-state index in [4.69, 9.17) is 23.2 Å². The number of thiazole rings is 1. The number of benzene rings is 2. The zero-order chi connectivity index (χ0) is 19.2. The van der Waals surface area contributed by atoms with Gasteiger partial charge in [0, 0.05) is 0 Å². The van der Waals surface area contributed by atoms with E-state index in [0.29, 0.717) is 21.4 Å². The molecule has 0 saturated carbocycles. The Bertz CT molecular complexity index is 1070. The number of azo groups is 1. The molecule has 0 unspecified atom stereocenters. The van der Waals surface area contributed by atoms with Gasteiger partial charge in [-0.15, -0.1) is 10.2 Å². The van der Waals surface area contributed by atoms with Gasteiger partial charge in [0.1, 0.15) is 11.8 Å². The summed E-state index contributed by atoms with van der Waals surface area (Å²) in [6.07, 6.45) is 0. The summed E-state index contributed by atoms with van der Waals surface area (Å²) in [6.45, 7) is 0. The van der Waals surface area contributed by atoms with Crippen molar-refractivity contribution < 1.29 is 5.11 Å². The highest BCUT2D eigenvalue weighted by Gasteiger charge is 2.15. The lowest BCUT2D eigenvalue weighted by atomic mass is 10.3. The van der Waals surface area contributed by atoms with Crippen molar-refractivity contribution in [3.8, 4) is 11.9 Å². The Morgan fingerprint density at radius 3 is 2.48 bits per heavy atom. The van der Waals surface area contributed by atoms with Crippen LogP contribution >= 0.6 is 34.5 Å². The summed E-state index contributed by atoms with van der Waals surface area (Å²) >= 11 is 13.0. The fourth-order valence-corrected chi connectivity index (χ4v) is 2.96. The van der Waals surface area contributed by atoms with Crippen LogP contribution in [0.2, 0.25) is 10.0 Å². The smallest absolute Gasteiger partial charge is 0.251 e. The lowest BCUT2D eigenvalue weighted by Crippen LogP contribution is -2.01. The second-order valence-corrected chi connectivity index (χ2v) is 6.75. The van der Waals surface area contributed by atoms with Crippen LogP contribution in [0, 0.1) is 11.3 Å². The summed E-state index contributed by atoms with van der Waals surface area (Å²) in [5.74, 6) is -0.355. The van der Waals surface area contributed by atoms with Crippen LogP contribution < -0.4 is 5.43 Å². The average Bonchev–Trinajstić information content (AvgIpc) is 3.03. The van der Waals surface area contributed by atoms with Gasteiger partial charge in [-0.3, -0.25) is 5.43 Å². The van der Waals surface area contributed by atoms with Crippen LogP contribution in [0.25, 0.3) is 0 Å². The number of halogens is 2. The van der Waals surface area contributed by atoms with Gasteiger partial charge < -0.3 is 5.11 Å². The Balaban J connectivity index is 1.84. The molecule has 3 aromatic rings. The number of hydrazone groups is 1. The van der Waals surface area contributed by atoms with Gasteiger partial charge in [0.05, 0.1) is 15.7 Å². The first-order valence-electron chi connectivity index (χ1n) is 7.43. The lowest BCUT2D eigenvalue weighted by Gasteiger charge is -2.02. The number of hydrogen-bond acceptors (Lipinski definition) is 8. The number of aromatic hydroxyl groups is 1. The molecule has 0 aliphatic carbocycles. The SMILES string of the molecule is N#C/C(=N\Nc1ccccc1Cl)c1nc(O)c(N=Nc2ccccc2Cl)s1. The Morgan fingerprint density at radius 1 is 1.07 bits per heavy atom. The molecule has 0 radical (unpaired) electrons. The molecule has 2 aromatic carbocycles. The van der Waals surface area contributed by atoms with E-state index < -0.39 is 0 Å². The van der Waals surface area contributed by atoms with E-state index in [0.717, 1.165) is 11.3 Å². The van der Waals surface area contributed by atoms with Crippen molar-refractivity contribution in [3.05, 3.63) is 63.6 Å². The first-order valence-corrected chi connectivity index (χ1v) is 9.00. The lowest BCUT2D eigenvalue weighted by molar-refractivity contribution is 0.458. The van der Waals surface area contributed by atoms with E-state index in [1.165, 1.54) is 0 Å². The van der Waals surface area contributed by atoms with Crippen LogP contribution in [0.3, 0.4) is 0 Å². The number of nitrogens with one attached hydrogen (secondary N) is 1. The summed E-state index contributed by atoms with van der Waals surface area (Å²) in [7, 11) is 0. The van der Waals surface area contributed by atoms with Gasteiger partial charge in [0.25, 0.3) is 5.88 Å². The van der Waals surface area contributed by atoms with E-state index in [9.17, 15) is 10.4 Å². The topological polar surface area (TPSA) is 106 Å². The number of nitrogens with zero attached hydrogens (tertiary/aromatic N) is 5. The average molecular weight is 417 g/mol. The van der Waals surface area contributed by atoms with Gasteiger partial charge >= 0.3 is 0 Å². The highest BCUT2D eigenvalue weighted by Crippen LogP contribution is 2.35. The number of hydrogen-bond donors (Lipinski definition) is 2. The minimum atomic E-state index is -0.355. The maximum absolute atomic E-state index is 9.96. The van der Waals surface area contributed by atoms with Crippen molar-refractivity contribution >= 4 is 56.6 Å². The minimum absolute atomic E-state index is 0.0330. The van der Waals surface area contributed by atoms with Crippen LogP contribution in [0.15, 0.2) is 63.9 Å². The van der Waals surface area contributed by atoms with Crippen LogP contribution in [0.5, 0.6) is 5.88 Å². The van der Waals surface area contributed by atoms with Crippen molar-refractivity contribution in [2.24, 2.45) is 15.3 Å². The number of rotatable bonds is 5. The highest BCUT2D eigenvalue weighted by molar-refractivity contribution is 7.17. The quantitative estimate of drug-likeness (QED) is 0.306. The van der Waals surface area contributed by atoms with E-state index in [-0.39, 0.29) is 21.6 Å². The predicted octanol–water partition coefficient (Wildman–Crippen LogP) is 5.91. The largest absolute Gasteiger partial charge is 0.491 e. The summed E-state index contributed by atoms with van der Waals surface area (Å²) in [5.41, 5.74) is 3.65. The van der Waals surface area contributed by atoms with Crippen molar-refractivity contribution in [2.45, 2.75) is 0 Å². The molecule has 0 fully saturated rings. The molecule has 0 bridgehead atoms. The molecule has 3 rings (SSSR count). The minimum Gasteiger partial charge on any atom is -0.491 e. The number of anilines is 1. The number of aromatic nitrogens is 1. The molecule has 0 saturated heterocycles. The summed E-state index contributed by atoms with van der Waals surface area (Å²) in [4.78, 5) is 3.91. The summed E-state index contributed by atoms with van der Waals surface area (Å²) < 4.78 is 0. The second-order valence-electron chi connectivity index (χ2n) is 4.96. The van der Waals surface area contributed by atoms with Gasteiger partial charge in [-0.05, 0) is 24.3 Å². The van der Waals surface area contributed by atoms with Gasteiger partial charge in [-0.25, -0.2) is 0 Å². The Hall–Kier alpha value is -2.99. The Morgan fingerprint density at radius 2 is 1.78 bits per heavy atom. The Kier molecular flexibility index (Phi) is 5.98.